The average molecular weight is 224 g/mol. The van der Waals surface area contributed by atoms with Crippen molar-refractivity contribution in [3.8, 4) is 5.75 Å². The van der Waals surface area contributed by atoms with Crippen molar-refractivity contribution in [2.24, 2.45) is 0 Å². The summed E-state index contributed by atoms with van der Waals surface area (Å²) in [6, 6.07) is 5.37. The molecular formula is C12H16O4. The highest BCUT2D eigenvalue weighted by atomic mass is 16.5. The molecule has 0 fully saturated rings. The molecule has 0 saturated heterocycles. The third-order valence-corrected chi connectivity index (χ3v) is 2.51. The molecule has 1 aromatic carbocycles. The van der Waals surface area contributed by atoms with E-state index in [2.05, 4.69) is 0 Å². The van der Waals surface area contributed by atoms with Gasteiger partial charge in [-0.15, -0.1) is 0 Å². The van der Waals surface area contributed by atoms with Crippen molar-refractivity contribution >= 4 is 5.97 Å². The summed E-state index contributed by atoms with van der Waals surface area (Å²) in [5.74, 6) is -0.765. The molecule has 0 spiro atoms. The Bertz CT molecular complexity index is 373. The van der Waals surface area contributed by atoms with Crippen LogP contribution in [0.1, 0.15) is 24.0 Å². The van der Waals surface area contributed by atoms with E-state index in [9.17, 15) is 4.79 Å². The number of hydrogen-bond donors (Lipinski definition) is 1. The van der Waals surface area contributed by atoms with Crippen molar-refractivity contribution < 1.29 is 19.4 Å². The van der Waals surface area contributed by atoms with E-state index in [-0.39, 0.29) is 0 Å². The number of carboxylic acids is 1. The van der Waals surface area contributed by atoms with Crippen molar-refractivity contribution in [2.75, 3.05) is 14.2 Å². The van der Waals surface area contributed by atoms with E-state index in [1.165, 1.54) is 0 Å². The molecule has 88 valence electrons. The van der Waals surface area contributed by atoms with Crippen molar-refractivity contribution in [3.63, 3.8) is 0 Å². The minimum Gasteiger partial charge on any atom is -0.496 e. The lowest BCUT2D eigenvalue weighted by molar-refractivity contribution is -0.138. The van der Waals surface area contributed by atoms with Gasteiger partial charge in [0.2, 0.25) is 0 Å². The van der Waals surface area contributed by atoms with Gasteiger partial charge in [-0.3, -0.25) is 4.79 Å². The zero-order valence-corrected chi connectivity index (χ0v) is 9.69. The number of carbonyl (C=O) groups is 1. The molecule has 4 nitrogen and oxygen atoms in total. The number of aliphatic carboxylic acids is 1. The van der Waals surface area contributed by atoms with Crippen LogP contribution in [0.2, 0.25) is 0 Å². The molecule has 0 bridgehead atoms. The number of ether oxygens (including phenoxy) is 2. The van der Waals surface area contributed by atoms with E-state index in [1.807, 2.05) is 0 Å². The monoisotopic (exact) mass is 224 g/mol. The highest BCUT2D eigenvalue weighted by Crippen LogP contribution is 2.28. The lowest BCUT2D eigenvalue weighted by atomic mass is 9.95. The van der Waals surface area contributed by atoms with Crippen molar-refractivity contribution in [2.45, 2.75) is 19.4 Å². The fourth-order valence-electron chi connectivity index (χ4n) is 1.61. The van der Waals surface area contributed by atoms with Gasteiger partial charge in [0.1, 0.15) is 5.75 Å². The van der Waals surface area contributed by atoms with Crippen molar-refractivity contribution in [1.82, 2.24) is 0 Å². The van der Waals surface area contributed by atoms with E-state index in [4.69, 9.17) is 14.6 Å². The predicted molar refractivity (Wildman–Crippen MR) is 59.8 cm³/mol. The molecule has 0 aliphatic rings. The lowest BCUT2D eigenvalue weighted by Gasteiger charge is -2.15. The molecule has 1 unspecified atom stereocenters. The molecule has 0 heterocycles. The Morgan fingerprint density at radius 3 is 2.62 bits per heavy atom. The molecule has 0 aliphatic heterocycles. The van der Waals surface area contributed by atoms with Crippen LogP contribution in [0, 0.1) is 0 Å². The second-order valence-electron chi connectivity index (χ2n) is 3.52. The third kappa shape index (κ3) is 2.52. The van der Waals surface area contributed by atoms with Gasteiger partial charge in [-0.25, -0.2) is 0 Å². The van der Waals surface area contributed by atoms with Gasteiger partial charge in [0.15, 0.2) is 0 Å². The Kier molecular flexibility index (Phi) is 4.31. The number of hydrogen-bond acceptors (Lipinski definition) is 3. The molecule has 1 atom stereocenters. The van der Waals surface area contributed by atoms with Crippen molar-refractivity contribution in [3.05, 3.63) is 29.3 Å². The molecular weight excluding hydrogens is 208 g/mol. The minimum absolute atomic E-state index is 0.344. The summed E-state index contributed by atoms with van der Waals surface area (Å²) in [5.41, 5.74) is 1.52. The fourth-order valence-corrected chi connectivity index (χ4v) is 1.61. The van der Waals surface area contributed by atoms with Gasteiger partial charge in [0, 0.05) is 12.7 Å². The first-order chi connectivity index (χ1) is 7.61. The topological polar surface area (TPSA) is 55.8 Å². The summed E-state index contributed by atoms with van der Waals surface area (Å²) in [4.78, 5) is 11.0. The second-order valence-corrected chi connectivity index (χ2v) is 3.52. The summed E-state index contributed by atoms with van der Waals surface area (Å²) in [6.07, 6.45) is 0. The van der Waals surface area contributed by atoms with E-state index >= 15 is 0 Å². The number of rotatable bonds is 5. The SMILES string of the molecule is COCc1c(OC)cccc1C(C)C(=O)O. The van der Waals surface area contributed by atoms with Crippen LogP contribution < -0.4 is 4.74 Å². The third-order valence-electron chi connectivity index (χ3n) is 2.51. The molecule has 1 aromatic rings. The number of methoxy groups -OCH3 is 2. The Hall–Kier alpha value is -1.55. The molecule has 0 saturated carbocycles. The minimum atomic E-state index is -0.856. The first kappa shape index (κ1) is 12.5. The summed E-state index contributed by atoms with van der Waals surface area (Å²) < 4.78 is 10.3. The fraction of sp³-hybridized carbons (Fsp3) is 0.417. The van der Waals surface area contributed by atoms with E-state index < -0.39 is 11.9 Å². The van der Waals surface area contributed by atoms with Crippen LogP contribution in [0.4, 0.5) is 0 Å². The molecule has 1 N–H and O–H groups in total. The van der Waals surface area contributed by atoms with Gasteiger partial charge in [-0.1, -0.05) is 12.1 Å². The van der Waals surface area contributed by atoms with Gasteiger partial charge in [0.25, 0.3) is 0 Å². The van der Waals surface area contributed by atoms with Crippen LogP contribution in [0.3, 0.4) is 0 Å². The first-order valence-corrected chi connectivity index (χ1v) is 4.99. The molecule has 16 heavy (non-hydrogen) atoms. The normalized spacial score (nSPS) is 12.2. The predicted octanol–water partition coefficient (Wildman–Crippen LogP) is 2.03. The van der Waals surface area contributed by atoms with Gasteiger partial charge in [0.05, 0.1) is 19.6 Å². The molecule has 0 radical (unpaired) electrons. The smallest absolute Gasteiger partial charge is 0.310 e. The van der Waals surface area contributed by atoms with Crippen LogP contribution in [0.25, 0.3) is 0 Å². The van der Waals surface area contributed by atoms with Crippen LogP contribution >= 0.6 is 0 Å². The molecule has 1 rings (SSSR count). The van der Waals surface area contributed by atoms with E-state index in [0.717, 1.165) is 11.1 Å². The highest BCUT2D eigenvalue weighted by molar-refractivity contribution is 5.76. The lowest BCUT2D eigenvalue weighted by Crippen LogP contribution is -2.11. The summed E-state index contributed by atoms with van der Waals surface area (Å²) in [7, 11) is 3.13. The number of carboxylic acid groups (broad SMARTS) is 1. The second kappa shape index (κ2) is 5.51. The quantitative estimate of drug-likeness (QED) is 0.831. The highest BCUT2D eigenvalue weighted by Gasteiger charge is 2.19. The molecule has 0 amide bonds. The number of benzene rings is 1. The van der Waals surface area contributed by atoms with Crippen LogP contribution in [-0.4, -0.2) is 25.3 Å². The molecule has 0 aromatic heterocycles. The average Bonchev–Trinajstić information content (AvgIpc) is 2.28. The zero-order valence-electron chi connectivity index (χ0n) is 9.69. The van der Waals surface area contributed by atoms with Gasteiger partial charge < -0.3 is 14.6 Å². The van der Waals surface area contributed by atoms with Crippen LogP contribution in [-0.2, 0) is 16.1 Å². The summed E-state index contributed by atoms with van der Waals surface area (Å²) in [6.45, 7) is 1.99. The largest absolute Gasteiger partial charge is 0.496 e. The van der Waals surface area contributed by atoms with Gasteiger partial charge >= 0.3 is 5.97 Å². The molecule has 4 heteroatoms. The maximum Gasteiger partial charge on any atom is 0.310 e. The Morgan fingerprint density at radius 1 is 1.44 bits per heavy atom. The van der Waals surface area contributed by atoms with E-state index in [1.54, 1.807) is 39.3 Å². The van der Waals surface area contributed by atoms with Gasteiger partial charge in [-0.05, 0) is 18.6 Å². The standard InChI is InChI=1S/C12H16O4/c1-8(12(13)14)9-5-4-6-11(16-3)10(9)7-15-2/h4-6,8H,7H2,1-3H3,(H,13,14). The zero-order chi connectivity index (χ0) is 12.1. The van der Waals surface area contributed by atoms with E-state index in [0.29, 0.717) is 12.4 Å². The maximum atomic E-state index is 11.0. The Balaban J connectivity index is 3.20. The first-order valence-electron chi connectivity index (χ1n) is 4.99. The molecule has 0 aliphatic carbocycles. The van der Waals surface area contributed by atoms with Crippen LogP contribution in [0.5, 0.6) is 5.75 Å². The maximum absolute atomic E-state index is 11.0. The van der Waals surface area contributed by atoms with Crippen LogP contribution in [0.15, 0.2) is 18.2 Å². The van der Waals surface area contributed by atoms with Crippen molar-refractivity contribution in [1.29, 1.82) is 0 Å². The Morgan fingerprint density at radius 2 is 2.12 bits per heavy atom. The summed E-state index contributed by atoms with van der Waals surface area (Å²) >= 11 is 0. The van der Waals surface area contributed by atoms with Gasteiger partial charge in [-0.2, -0.15) is 0 Å². The summed E-state index contributed by atoms with van der Waals surface area (Å²) in [5, 5.41) is 9.01. The Labute approximate surface area is 94.8 Å².